The molecule has 1 aromatic heterocycles. The van der Waals surface area contributed by atoms with Gasteiger partial charge in [0.15, 0.2) is 0 Å². The molecule has 0 bridgehead atoms. The van der Waals surface area contributed by atoms with E-state index in [1.54, 1.807) is 0 Å². The SMILES string of the molecule is OCCc1c[nH]c2ccc(C3CC3)cc12. The number of aromatic amines is 1. The largest absolute Gasteiger partial charge is 0.396 e. The van der Waals surface area contributed by atoms with Gasteiger partial charge in [0.1, 0.15) is 0 Å². The number of nitrogens with one attached hydrogen (secondary N) is 1. The summed E-state index contributed by atoms with van der Waals surface area (Å²) in [6.45, 7) is 0.223. The van der Waals surface area contributed by atoms with E-state index in [4.69, 9.17) is 5.11 Å². The van der Waals surface area contributed by atoms with Crippen LogP contribution in [0.2, 0.25) is 0 Å². The second kappa shape index (κ2) is 3.38. The summed E-state index contributed by atoms with van der Waals surface area (Å²) in [7, 11) is 0. The summed E-state index contributed by atoms with van der Waals surface area (Å²) >= 11 is 0. The van der Waals surface area contributed by atoms with Crippen LogP contribution in [0.3, 0.4) is 0 Å². The van der Waals surface area contributed by atoms with E-state index in [9.17, 15) is 0 Å². The molecule has 0 atom stereocenters. The summed E-state index contributed by atoms with van der Waals surface area (Å²) < 4.78 is 0. The Morgan fingerprint density at radius 1 is 1.33 bits per heavy atom. The lowest BCUT2D eigenvalue weighted by Crippen LogP contribution is -1.88. The molecule has 0 saturated heterocycles. The van der Waals surface area contributed by atoms with Crippen molar-refractivity contribution >= 4 is 10.9 Å². The highest BCUT2D eigenvalue weighted by atomic mass is 16.2. The lowest BCUT2D eigenvalue weighted by Gasteiger charge is -2.00. The van der Waals surface area contributed by atoms with Crippen molar-refractivity contribution < 1.29 is 5.11 Å². The Kier molecular flexibility index (Phi) is 2.03. The summed E-state index contributed by atoms with van der Waals surface area (Å²) in [5.74, 6) is 0.797. The minimum absolute atomic E-state index is 0.223. The maximum Gasteiger partial charge on any atom is 0.0472 e. The van der Waals surface area contributed by atoms with Gasteiger partial charge in [0.05, 0.1) is 0 Å². The third-order valence-corrected chi connectivity index (χ3v) is 3.22. The second-order valence-corrected chi connectivity index (χ2v) is 4.37. The lowest BCUT2D eigenvalue weighted by molar-refractivity contribution is 0.300. The molecular weight excluding hydrogens is 186 g/mol. The van der Waals surface area contributed by atoms with Crippen molar-refractivity contribution in [1.29, 1.82) is 0 Å². The van der Waals surface area contributed by atoms with Crippen molar-refractivity contribution in [2.24, 2.45) is 0 Å². The molecule has 78 valence electrons. The number of hydrogen-bond donors (Lipinski definition) is 2. The third kappa shape index (κ3) is 1.55. The molecule has 0 spiro atoms. The van der Waals surface area contributed by atoms with Gasteiger partial charge in [-0.3, -0.25) is 0 Å². The molecular formula is C13H15NO. The van der Waals surface area contributed by atoms with Crippen LogP contribution in [0, 0.1) is 0 Å². The number of aliphatic hydroxyl groups excluding tert-OH is 1. The minimum atomic E-state index is 0.223. The zero-order chi connectivity index (χ0) is 10.3. The van der Waals surface area contributed by atoms with Gasteiger partial charge in [-0.2, -0.15) is 0 Å². The van der Waals surface area contributed by atoms with Gasteiger partial charge in [-0.25, -0.2) is 0 Å². The van der Waals surface area contributed by atoms with Crippen molar-refractivity contribution in [3.8, 4) is 0 Å². The van der Waals surface area contributed by atoms with Crippen LogP contribution in [0.4, 0.5) is 0 Å². The van der Waals surface area contributed by atoms with E-state index in [2.05, 4.69) is 23.2 Å². The standard InChI is InChI=1S/C13H15NO/c15-6-5-11-8-14-13-4-3-10(7-12(11)13)9-1-2-9/h3-4,7-9,14-15H,1-2,5-6H2. The molecule has 3 rings (SSSR count). The van der Waals surface area contributed by atoms with Crippen LogP contribution in [0.1, 0.15) is 29.9 Å². The number of fused-ring (bicyclic) bond motifs is 1. The summed E-state index contributed by atoms with van der Waals surface area (Å²) in [5, 5.41) is 10.3. The molecule has 2 heteroatoms. The van der Waals surface area contributed by atoms with Gasteiger partial charge in [-0.15, -0.1) is 0 Å². The first kappa shape index (κ1) is 8.98. The van der Waals surface area contributed by atoms with Crippen LogP contribution in [-0.4, -0.2) is 16.7 Å². The molecule has 1 heterocycles. The van der Waals surface area contributed by atoms with Crippen molar-refractivity contribution in [3.63, 3.8) is 0 Å². The molecule has 2 N–H and O–H groups in total. The molecule has 0 amide bonds. The Hall–Kier alpha value is -1.28. The number of rotatable bonds is 3. The highest BCUT2D eigenvalue weighted by molar-refractivity contribution is 5.84. The number of benzene rings is 1. The molecule has 2 nitrogen and oxygen atoms in total. The fraction of sp³-hybridized carbons (Fsp3) is 0.385. The third-order valence-electron chi connectivity index (χ3n) is 3.22. The fourth-order valence-corrected chi connectivity index (χ4v) is 2.19. The summed E-state index contributed by atoms with van der Waals surface area (Å²) in [6.07, 6.45) is 5.43. The van der Waals surface area contributed by atoms with Gasteiger partial charge in [-0.1, -0.05) is 6.07 Å². The Bertz CT molecular complexity index is 482. The van der Waals surface area contributed by atoms with Crippen LogP contribution >= 0.6 is 0 Å². The van der Waals surface area contributed by atoms with Gasteiger partial charge in [0, 0.05) is 23.7 Å². The Labute approximate surface area is 88.9 Å². The van der Waals surface area contributed by atoms with E-state index in [0.29, 0.717) is 0 Å². The average molecular weight is 201 g/mol. The number of H-pyrrole nitrogens is 1. The zero-order valence-corrected chi connectivity index (χ0v) is 8.66. The molecule has 1 fully saturated rings. The number of hydrogen-bond acceptors (Lipinski definition) is 1. The summed E-state index contributed by atoms with van der Waals surface area (Å²) in [4.78, 5) is 3.25. The molecule has 1 saturated carbocycles. The Morgan fingerprint density at radius 3 is 2.93 bits per heavy atom. The van der Waals surface area contributed by atoms with Crippen LogP contribution in [0.5, 0.6) is 0 Å². The molecule has 0 radical (unpaired) electrons. The summed E-state index contributed by atoms with van der Waals surface area (Å²) in [5.41, 5.74) is 3.87. The van der Waals surface area contributed by atoms with Crippen LogP contribution in [0.15, 0.2) is 24.4 Å². The smallest absolute Gasteiger partial charge is 0.0472 e. The van der Waals surface area contributed by atoms with E-state index in [1.807, 2.05) is 6.20 Å². The fourth-order valence-electron chi connectivity index (χ4n) is 2.19. The Balaban J connectivity index is 2.09. The molecule has 0 unspecified atom stereocenters. The van der Waals surface area contributed by atoms with E-state index < -0.39 is 0 Å². The second-order valence-electron chi connectivity index (χ2n) is 4.37. The highest BCUT2D eigenvalue weighted by Crippen LogP contribution is 2.41. The Morgan fingerprint density at radius 2 is 2.20 bits per heavy atom. The van der Waals surface area contributed by atoms with Crippen LogP contribution in [0.25, 0.3) is 10.9 Å². The van der Waals surface area contributed by atoms with Crippen molar-refractivity contribution in [2.45, 2.75) is 25.2 Å². The van der Waals surface area contributed by atoms with Crippen molar-refractivity contribution in [2.75, 3.05) is 6.61 Å². The molecule has 2 aromatic rings. The predicted molar refractivity (Wildman–Crippen MR) is 61.1 cm³/mol. The quantitative estimate of drug-likeness (QED) is 0.786. The first-order valence-corrected chi connectivity index (χ1v) is 5.59. The van der Waals surface area contributed by atoms with Gasteiger partial charge < -0.3 is 10.1 Å². The maximum atomic E-state index is 8.97. The molecule has 0 aliphatic heterocycles. The predicted octanol–water partition coefficient (Wildman–Crippen LogP) is 2.58. The topological polar surface area (TPSA) is 36.0 Å². The van der Waals surface area contributed by atoms with E-state index in [0.717, 1.165) is 12.3 Å². The average Bonchev–Trinajstić information content (AvgIpc) is 3.03. The minimum Gasteiger partial charge on any atom is -0.396 e. The monoisotopic (exact) mass is 201 g/mol. The normalized spacial score (nSPS) is 16.1. The number of aromatic nitrogens is 1. The lowest BCUT2D eigenvalue weighted by atomic mass is 10.1. The first-order valence-electron chi connectivity index (χ1n) is 5.59. The van der Waals surface area contributed by atoms with Gasteiger partial charge in [0.2, 0.25) is 0 Å². The van der Waals surface area contributed by atoms with Crippen LogP contribution < -0.4 is 0 Å². The number of aliphatic hydroxyl groups is 1. The van der Waals surface area contributed by atoms with Gasteiger partial charge >= 0.3 is 0 Å². The van der Waals surface area contributed by atoms with Gasteiger partial charge in [0.25, 0.3) is 0 Å². The maximum absolute atomic E-state index is 8.97. The van der Waals surface area contributed by atoms with Gasteiger partial charge in [-0.05, 0) is 48.4 Å². The zero-order valence-electron chi connectivity index (χ0n) is 8.66. The van der Waals surface area contributed by atoms with Crippen molar-refractivity contribution in [3.05, 3.63) is 35.5 Å². The molecule has 1 aromatic carbocycles. The van der Waals surface area contributed by atoms with E-state index in [-0.39, 0.29) is 6.61 Å². The van der Waals surface area contributed by atoms with E-state index in [1.165, 1.54) is 34.9 Å². The highest BCUT2D eigenvalue weighted by Gasteiger charge is 2.23. The molecule has 1 aliphatic carbocycles. The first-order chi connectivity index (χ1) is 7.38. The van der Waals surface area contributed by atoms with Crippen LogP contribution in [-0.2, 0) is 6.42 Å². The summed E-state index contributed by atoms with van der Waals surface area (Å²) in [6, 6.07) is 6.66. The van der Waals surface area contributed by atoms with E-state index >= 15 is 0 Å². The van der Waals surface area contributed by atoms with Crippen molar-refractivity contribution in [1.82, 2.24) is 4.98 Å². The molecule has 15 heavy (non-hydrogen) atoms. The molecule has 1 aliphatic rings.